The van der Waals surface area contributed by atoms with Crippen molar-refractivity contribution < 1.29 is 28.9 Å². The zero-order valence-corrected chi connectivity index (χ0v) is 29.4. The van der Waals surface area contributed by atoms with Crippen LogP contribution in [0, 0.1) is 0 Å². The number of hydrogen-bond acceptors (Lipinski definition) is 7. The number of aliphatic hydroxyl groups is 1. The van der Waals surface area contributed by atoms with E-state index in [4.69, 9.17) is 37.4 Å². The zero-order chi connectivity index (χ0) is 35.7. The molecule has 1 fully saturated rings. The number of amides is 2. The lowest BCUT2D eigenvalue weighted by molar-refractivity contribution is -0.252. The molecule has 4 atom stereocenters. The molecule has 0 saturated carbocycles. The van der Waals surface area contributed by atoms with Gasteiger partial charge in [-0.05, 0) is 39.4 Å². The molecule has 10 nitrogen and oxygen atoms in total. The number of ether oxygens (including phenoxy) is 3. The van der Waals surface area contributed by atoms with E-state index >= 15 is 0 Å². The number of urea groups is 1. The van der Waals surface area contributed by atoms with E-state index < -0.39 is 24.3 Å². The molecule has 0 bridgehead atoms. The Morgan fingerprint density at radius 1 is 0.902 bits per heavy atom. The SMILES string of the molecule is COC(=O)[C@H](Cc1ccccc1)NC(=O)NCc1cccc(-c2ccc([C@H]3O[C@@H](Cn4cnc(Cl)c4Cl)C[C@@H](c4ccc(CO)cc4)O3)cc2)c1. The van der Waals surface area contributed by atoms with Gasteiger partial charge in [0.2, 0.25) is 0 Å². The Bertz CT molecular complexity index is 1920. The number of methoxy groups -OCH3 is 1. The molecule has 3 N–H and O–H groups in total. The van der Waals surface area contributed by atoms with Gasteiger partial charge in [-0.3, -0.25) is 0 Å². The number of benzene rings is 4. The number of nitrogens with one attached hydrogen (secondary N) is 2. The lowest BCUT2D eigenvalue weighted by Gasteiger charge is -2.36. The van der Waals surface area contributed by atoms with Crippen LogP contribution in [-0.2, 0) is 45.1 Å². The van der Waals surface area contributed by atoms with E-state index in [9.17, 15) is 14.7 Å². The first-order chi connectivity index (χ1) is 24.8. The van der Waals surface area contributed by atoms with E-state index in [2.05, 4.69) is 15.6 Å². The Hall–Kier alpha value is -4.71. The fourth-order valence-corrected chi connectivity index (χ4v) is 6.31. The summed E-state index contributed by atoms with van der Waals surface area (Å²) >= 11 is 12.5. The predicted molar refractivity (Wildman–Crippen MR) is 194 cm³/mol. The molecular formula is C39H38Cl2N4O6. The smallest absolute Gasteiger partial charge is 0.328 e. The molecule has 12 heteroatoms. The average molecular weight is 730 g/mol. The maximum absolute atomic E-state index is 12.8. The van der Waals surface area contributed by atoms with Crippen molar-refractivity contribution >= 4 is 35.2 Å². The van der Waals surface area contributed by atoms with Crippen LogP contribution in [0.5, 0.6) is 0 Å². The number of imidazole rings is 1. The first kappa shape index (κ1) is 36.1. The lowest BCUT2D eigenvalue weighted by Crippen LogP contribution is -2.47. The standard InChI is InChI=1S/C39H38Cl2N4O6/c1-49-37(47)33(19-25-6-3-2-4-7-25)44-39(48)42-21-27-8-5-9-31(18-27)28-14-16-30(17-15-28)38-50-32(22-45-24-43-35(40)36(45)41)20-34(51-38)29-12-10-26(23-46)11-13-29/h2-18,24,32-34,38,46H,19-23H2,1H3,(H2,42,44,48)/t32-,33+,34+,38+/m1/s1. The molecule has 0 aliphatic carbocycles. The monoisotopic (exact) mass is 728 g/mol. The minimum Gasteiger partial charge on any atom is -0.467 e. The summed E-state index contributed by atoms with van der Waals surface area (Å²) in [5.74, 6) is -0.515. The van der Waals surface area contributed by atoms with Crippen LogP contribution in [0.25, 0.3) is 11.1 Å². The highest BCUT2D eigenvalue weighted by atomic mass is 35.5. The Balaban J connectivity index is 1.12. The predicted octanol–water partition coefficient (Wildman–Crippen LogP) is 7.18. The number of halogens is 2. The van der Waals surface area contributed by atoms with Gasteiger partial charge < -0.3 is 34.5 Å². The highest BCUT2D eigenvalue weighted by Gasteiger charge is 2.33. The average Bonchev–Trinajstić information content (AvgIpc) is 3.49. The molecule has 1 saturated heterocycles. The molecule has 6 rings (SSSR count). The lowest BCUT2D eigenvalue weighted by atomic mass is 9.99. The molecule has 1 aliphatic heterocycles. The number of hydrogen-bond donors (Lipinski definition) is 3. The number of nitrogens with zero attached hydrogens (tertiary/aromatic N) is 2. The highest BCUT2D eigenvalue weighted by molar-refractivity contribution is 6.40. The van der Waals surface area contributed by atoms with Gasteiger partial charge in [0.05, 0.1) is 38.8 Å². The van der Waals surface area contributed by atoms with Gasteiger partial charge in [-0.1, -0.05) is 120 Å². The summed E-state index contributed by atoms with van der Waals surface area (Å²) in [6.07, 6.45) is 1.32. The van der Waals surface area contributed by atoms with Crippen LogP contribution < -0.4 is 10.6 Å². The van der Waals surface area contributed by atoms with Gasteiger partial charge in [0.25, 0.3) is 0 Å². The quantitative estimate of drug-likeness (QED) is 0.116. The van der Waals surface area contributed by atoms with Gasteiger partial charge in [-0.2, -0.15) is 0 Å². The number of esters is 1. The van der Waals surface area contributed by atoms with Crippen molar-refractivity contribution in [2.75, 3.05) is 7.11 Å². The summed E-state index contributed by atoms with van der Waals surface area (Å²) in [4.78, 5) is 29.2. The molecule has 51 heavy (non-hydrogen) atoms. The molecule has 1 aromatic heterocycles. The summed E-state index contributed by atoms with van der Waals surface area (Å²) in [6.45, 7) is 0.666. The summed E-state index contributed by atoms with van der Waals surface area (Å²) in [5, 5.41) is 15.7. The van der Waals surface area contributed by atoms with Crippen LogP contribution in [0.2, 0.25) is 10.3 Å². The van der Waals surface area contributed by atoms with Gasteiger partial charge in [-0.15, -0.1) is 0 Å². The maximum atomic E-state index is 12.8. The Kier molecular flexibility index (Phi) is 12.0. The Morgan fingerprint density at radius 2 is 1.63 bits per heavy atom. The second-order valence-electron chi connectivity index (χ2n) is 12.2. The Morgan fingerprint density at radius 3 is 2.31 bits per heavy atom. The van der Waals surface area contributed by atoms with Crippen LogP contribution in [-0.4, -0.2) is 45.9 Å². The van der Waals surface area contributed by atoms with Crippen molar-refractivity contribution in [3.63, 3.8) is 0 Å². The van der Waals surface area contributed by atoms with Crippen molar-refractivity contribution in [3.05, 3.63) is 148 Å². The molecule has 0 radical (unpaired) electrons. The number of carbonyl (C=O) groups is 2. The first-order valence-electron chi connectivity index (χ1n) is 16.5. The maximum Gasteiger partial charge on any atom is 0.328 e. The van der Waals surface area contributed by atoms with Crippen LogP contribution >= 0.6 is 23.2 Å². The van der Waals surface area contributed by atoms with Gasteiger partial charge in [0.1, 0.15) is 11.2 Å². The number of aliphatic hydroxyl groups excluding tert-OH is 1. The third kappa shape index (κ3) is 9.35. The minimum atomic E-state index is -0.820. The number of rotatable bonds is 12. The summed E-state index contributed by atoms with van der Waals surface area (Å²) < 4.78 is 19.6. The highest BCUT2D eigenvalue weighted by Crippen LogP contribution is 2.39. The van der Waals surface area contributed by atoms with E-state index in [0.29, 0.717) is 24.5 Å². The van der Waals surface area contributed by atoms with Crippen LogP contribution in [0.3, 0.4) is 0 Å². The molecule has 2 amide bonds. The van der Waals surface area contributed by atoms with Crippen molar-refractivity contribution in [1.29, 1.82) is 0 Å². The largest absolute Gasteiger partial charge is 0.467 e. The van der Waals surface area contributed by atoms with Crippen molar-refractivity contribution in [3.8, 4) is 11.1 Å². The molecule has 2 heterocycles. The van der Waals surface area contributed by atoms with Crippen LogP contribution in [0.4, 0.5) is 4.79 Å². The zero-order valence-electron chi connectivity index (χ0n) is 27.9. The molecule has 4 aromatic carbocycles. The van der Waals surface area contributed by atoms with Crippen molar-refractivity contribution in [2.24, 2.45) is 0 Å². The first-order valence-corrected chi connectivity index (χ1v) is 17.3. The minimum absolute atomic E-state index is 0.0339. The van der Waals surface area contributed by atoms with E-state index in [1.807, 2.05) is 103 Å². The topological polar surface area (TPSA) is 124 Å². The van der Waals surface area contributed by atoms with Gasteiger partial charge >= 0.3 is 12.0 Å². The summed E-state index contributed by atoms with van der Waals surface area (Å²) in [6, 6.07) is 31.7. The summed E-state index contributed by atoms with van der Waals surface area (Å²) in [7, 11) is 1.30. The van der Waals surface area contributed by atoms with Gasteiger partial charge in [0, 0.05) is 24.9 Å². The molecule has 264 valence electrons. The number of carbonyl (C=O) groups excluding carboxylic acids is 2. The molecule has 0 spiro atoms. The van der Waals surface area contributed by atoms with Crippen molar-refractivity contribution in [1.82, 2.24) is 20.2 Å². The second-order valence-corrected chi connectivity index (χ2v) is 13.0. The van der Waals surface area contributed by atoms with E-state index in [1.54, 1.807) is 10.9 Å². The fourth-order valence-electron chi connectivity index (χ4n) is 5.99. The van der Waals surface area contributed by atoms with E-state index in [-0.39, 0.29) is 30.5 Å². The Labute approximate surface area is 306 Å². The van der Waals surface area contributed by atoms with E-state index in [0.717, 1.165) is 38.9 Å². The third-order valence-electron chi connectivity index (χ3n) is 8.72. The molecule has 5 aromatic rings. The normalized spacial score (nSPS) is 17.8. The van der Waals surface area contributed by atoms with Crippen LogP contribution in [0.15, 0.2) is 109 Å². The number of aromatic nitrogens is 2. The van der Waals surface area contributed by atoms with E-state index in [1.165, 1.54) is 7.11 Å². The molecule has 0 unspecified atom stereocenters. The van der Waals surface area contributed by atoms with Crippen molar-refractivity contribution in [2.45, 2.75) is 57.1 Å². The second kappa shape index (κ2) is 17.0. The van der Waals surface area contributed by atoms with Gasteiger partial charge in [-0.25, -0.2) is 14.6 Å². The molecule has 1 aliphatic rings. The molecular weight excluding hydrogens is 691 g/mol. The summed E-state index contributed by atoms with van der Waals surface area (Å²) in [5.41, 5.74) is 6.39. The fraction of sp³-hybridized carbons (Fsp3) is 0.256. The van der Waals surface area contributed by atoms with Crippen LogP contribution in [0.1, 0.15) is 46.6 Å². The van der Waals surface area contributed by atoms with Gasteiger partial charge in [0.15, 0.2) is 11.4 Å². The third-order valence-corrected chi connectivity index (χ3v) is 9.49.